The summed E-state index contributed by atoms with van der Waals surface area (Å²) >= 11 is 0. The highest BCUT2D eigenvalue weighted by molar-refractivity contribution is 7.89. The molecule has 0 aliphatic rings. The number of hydrogen-bond donors (Lipinski definition) is 2. The predicted octanol–water partition coefficient (Wildman–Crippen LogP) is 1.28. The van der Waals surface area contributed by atoms with Gasteiger partial charge in [0, 0.05) is 36.2 Å². The Morgan fingerprint density at radius 1 is 1.48 bits per heavy atom. The fourth-order valence-corrected chi connectivity index (χ4v) is 3.19. The molecule has 2 aromatic rings. The van der Waals surface area contributed by atoms with Gasteiger partial charge in [0.1, 0.15) is 5.82 Å². The van der Waals surface area contributed by atoms with Gasteiger partial charge in [-0.15, -0.1) is 0 Å². The van der Waals surface area contributed by atoms with Gasteiger partial charge in [0.25, 0.3) is 0 Å². The molecule has 0 aliphatic heterocycles. The van der Waals surface area contributed by atoms with Crippen LogP contribution in [0.25, 0.3) is 0 Å². The van der Waals surface area contributed by atoms with Crippen LogP contribution in [0.2, 0.25) is 0 Å². The molecule has 0 amide bonds. The first-order chi connectivity index (χ1) is 9.79. The average molecular weight is 312 g/mol. The Bertz CT molecular complexity index is 706. The second-order valence-corrected chi connectivity index (χ2v) is 6.62. The van der Waals surface area contributed by atoms with Crippen LogP contribution >= 0.6 is 0 Å². The summed E-state index contributed by atoms with van der Waals surface area (Å²) in [5.74, 6) is -0.641. The average Bonchev–Trinajstić information content (AvgIpc) is 2.87. The first-order valence-electron chi connectivity index (χ1n) is 6.33. The Labute approximate surface area is 122 Å². The van der Waals surface area contributed by atoms with Gasteiger partial charge in [0.15, 0.2) is 0 Å². The highest BCUT2D eigenvalue weighted by Crippen LogP contribution is 2.21. The molecule has 0 radical (unpaired) electrons. The maximum Gasteiger partial charge on any atom is 0.241 e. The van der Waals surface area contributed by atoms with Gasteiger partial charge in [-0.05, 0) is 26.0 Å². The zero-order chi connectivity index (χ0) is 15.6. The minimum Gasteiger partial charge on any atom is -0.398 e. The molecule has 0 fully saturated rings. The molecule has 21 heavy (non-hydrogen) atoms. The summed E-state index contributed by atoms with van der Waals surface area (Å²) in [7, 11) is -3.83. The summed E-state index contributed by atoms with van der Waals surface area (Å²) in [5.41, 5.74) is 5.96. The molecule has 0 aliphatic carbocycles. The van der Waals surface area contributed by atoms with Crippen molar-refractivity contribution in [2.45, 2.75) is 31.3 Å². The van der Waals surface area contributed by atoms with E-state index in [4.69, 9.17) is 5.73 Å². The lowest BCUT2D eigenvalue weighted by Gasteiger charge is -2.15. The first-order valence-corrected chi connectivity index (χ1v) is 7.81. The number of nitrogens with zero attached hydrogens (tertiary/aromatic N) is 2. The zero-order valence-electron chi connectivity index (χ0n) is 11.7. The number of benzene rings is 1. The van der Waals surface area contributed by atoms with Crippen LogP contribution in [0, 0.1) is 12.7 Å². The molecule has 1 aromatic carbocycles. The molecular weight excluding hydrogens is 295 g/mol. The number of hydrogen-bond acceptors (Lipinski definition) is 4. The van der Waals surface area contributed by atoms with Crippen molar-refractivity contribution in [3.63, 3.8) is 0 Å². The Morgan fingerprint density at radius 2 is 2.19 bits per heavy atom. The first kappa shape index (κ1) is 15.5. The van der Waals surface area contributed by atoms with Crippen molar-refractivity contribution < 1.29 is 12.8 Å². The third kappa shape index (κ3) is 3.59. The summed E-state index contributed by atoms with van der Waals surface area (Å²) in [4.78, 5) is 3.70. The minimum atomic E-state index is -3.83. The van der Waals surface area contributed by atoms with E-state index in [9.17, 15) is 12.8 Å². The molecule has 1 aromatic heterocycles. The third-order valence-electron chi connectivity index (χ3n) is 3.07. The Hall–Kier alpha value is -1.93. The number of nitrogens with one attached hydrogen (secondary N) is 1. The summed E-state index contributed by atoms with van der Waals surface area (Å²) in [6.45, 7) is 3.63. The fraction of sp³-hybridized carbons (Fsp3) is 0.308. The Kier molecular flexibility index (Phi) is 4.29. The van der Waals surface area contributed by atoms with Crippen LogP contribution in [0.3, 0.4) is 0 Å². The van der Waals surface area contributed by atoms with Gasteiger partial charge in [-0.1, -0.05) is 0 Å². The summed E-state index contributed by atoms with van der Waals surface area (Å²) in [6, 6.07) is 1.85. The molecule has 6 nitrogen and oxygen atoms in total. The van der Waals surface area contributed by atoms with Gasteiger partial charge in [0.2, 0.25) is 10.0 Å². The van der Waals surface area contributed by atoms with Crippen molar-refractivity contribution in [1.29, 1.82) is 0 Å². The lowest BCUT2D eigenvalue weighted by Crippen LogP contribution is -2.35. The van der Waals surface area contributed by atoms with Gasteiger partial charge in [-0.2, -0.15) is 0 Å². The van der Waals surface area contributed by atoms with E-state index in [0.29, 0.717) is 6.54 Å². The fourth-order valence-electron chi connectivity index (χ4n) is 1.91. The highest BCUT2D eigenvalue weighted by Gasteiger charge is 2.20. The predicted molar refractivity (Wildman–Crippen MR) is 77.6 cm³/mol. The standard InChI is InChI=1S/C13H17FN4O2S/c1-9(7-18-4-3-16-8-18)17-21(19,20)11-5-12(14)10(2)13(15)6-11/h3-6,8-9,17H,7,15H2,1-2H3. The summed E-state index contributed by atoms with van der Waals surface area (Å²) < 4.78 is 42.3. The number of aromatic nitrogens is 2. The van der Waals surface area contributed by atoms with E-state index < -0.39 is 15.8 Å². The van der Waals surface area contributed by atoms with Crippen LogP contribution in [0.1, 0.15) is 12.5 Å². The second-order valence-electron chi connectivity index (χ2n) is 4.90. The molecular formula is C13H17FN4O2S. The van der Waals surface area contributed by atoms with Gasteiger partial charge in [-0.25, -0.2) is 22.5 Å². The van der Waals surface area contributed by atoms with Gasteiger partial charge >= 0.3 is 0 Å². The van der Waals surface area contributed by atoms with E-state index in [0.717, 1.165) is 6.07 Å². The molecule has 2 rings (SSSR count). The van der Waals surface area contributed by atoms with E-state index in [-0.39, 0.29) is 22.2 Å². The Morgan fingerprint density at radius 3 is 2.76 bits per heavy atom. The summed E-state index contributed by atoms with van der Waals surface area (Å²) in [6.07, 6.45) is 4.93. The van der Waals surface area contributed by atoms with E-state index >= 15 is 0 Å². The van der Waals surface area contributed by atoms with Crippen molar-refractivity contribution in [3.8, 4) is 0 Å². The van der Waals surface area contributed by atoms with Gasteiger partial charge in [-0.3, -0.25) is 0 Å². The normalized spacial score (nSPS) is 13.3. The van der Waals surface area contributed by atoms with Gasteiger partial charge in [0.05, 0.1) is 11.2 Å². The quantitative estimate of drug-likeness (QED) is 0.814. The van der Waals surface area contributed by atoms with Crippen molar-refractivity contribution in [2.75, 3.05) is 5.73 Å². The van der Waals surface area contributed by atoms with Crippen molar-refractivity contribution in [1.82, 2.24) is 14.3 Å². The van der Waals surface area contributed by atoms with Crippen molar-refractivity contribution in [2.24, 2.45) is 0 Å². The molecule has 1 atom stereocenters. The maximum absolute atomic E-state index is 13.6. The van der Waals surface area contributed by atoms with Crippen LogP contribution in [-0.2, 0) is 16.6 Å². The molecule has 8 heteroatoms. The molecule has 0 saturated carbocycles. The van der Waals surface area contributed by atoms with Crippen molar-refractivity contribution in [3.05, 3.63) is 42.2 Å². The van der Waals surface area contributed by atoms with Crippen molar-refractivity contribution >= 4 is 15.7 Å². The lowest BCUT2D eigenvalue weighted by atomic mass is 10.2. The second kappa shape index (κ2) is 5.82. The lowest BCUT2D eigenvalue weighted by molar-refractivity contribution is 0.519. The number of nitrogens with two attached hydrogens (primary N) is 1. The molecule has 0 saturated heterocycles. The SMILES string of the molecule is Cc1c(N)cc(S(=O)(=O)NC(C)Cn2ccnc2)cc1F. The molecule has 0 bridgehead atoms. The highest BCUT2D eigenvalue weighted by atomic mass is 32.2. The number of rotatable bonds is 5. The van der Waals surface area contributed by atoms with Crippen LogP contribution in [-0.4, -0.2) is 24.0 Å². The monoisotopic (exact) mass is 312 g/mol. The van der Waals surface area contributed by atoms with E-state index in [1.54, 1.807) is 30.2 Å². The van der Waals surface area contributed by atoms with Crippen LogP contribution in [0.5, 0.6) is 0 Å². The van der Waals surface area contributed by atoms with E-state index in [2.05, 4.69) is 9.71 Å². The van der Waals surface area contributed by atoms with Crippen LogP contribution < -0.4 is 10.5 Å². The van der Waals surface area contributed by atoms with E-state index in [1.807, 2.05) is 0 Å². The molecule has 3 N–H and O–H groups in total. The van der Waals surface area contributed by atoms with E-state index in [1.165, 1.54) is 13.0 Å². The molecule has 1 unspecified atom stereocenters. The Balaban J connectivity index is 2.18. The number of imidazole rings is 1. The summed E-state index contributed by atoms with van der Waals surface area (Å²) in [5, 5.41) is 0. The van der Waals surface area contributed by atoms with Crippen LogP contribution in [0.15, 0.2) is 35.7 Å². The number of anilines is 1. The topological polar surface area (TPSA) is 90.0 Å². The van der Waals surface area contributed by atoms with Gasteiger partial charge < -0.3 is 10.3 Å². The molecule has 1 heterocycles. The number of nitrogen functional groups attached to an aromatic ring is 1. The zero-order valence-corrected chi connectivity index (χ0v) is 12.6. The minimum absolute atomic E-state index is 0.109. The van der Waals surface area contributed by atoms with Crippen LogP contribution in [0.4, 0.5) is 10.1 Å². The third-order valence-corrected chi connectivity index (χ3v) is 4.64. The molecule has 0 spiro atoms. The largest absolute Gasteiger partial charge is 0.398 e. The maximum atomic E-state index is 13.6. The smallest absolute Gasteiger partial charge is 0.241 e. The molecule has 114 valence electrons. The number of sulfonamides is 1. The number of halogens is 1.